The zero-order valence-corrected chi connectivity index (χ0v) is 11.9. The predicted molar refractivity (Wildman–Crippen MR) is 66.6 cm³/mol. The highest BCUT2D eigenvalue weighted by molar-refractivity contribution is 9.10. The largest absolute Gasteiger partial charge is 0.207 e. The van der Waals surface area contributed by atoms with Crippen molar-refractivity contribution in [2.45, 2.75) is 33.5 Å². The van der Waals surface area contributed by atoms with Crippen molar-refractivity contribution in [1.29, 1.82) is 0 Å². The topological polar surface area (TPSA) is 0 Å². The van der Waals surface area contributed by atoms with Crippen LogP contribution in [0.2, 0.25) is 19.6 Å². The van der Waals surface area contributed by atoms with Crippen molar-refractivity contribution in [3.8, 4) is 0 Å². The van der Waals surface area contributed by atoms with Crippen LogP contribution in [-0.2, 0) is 0 Å². The van der Waals surface area contributed by atoms with Gasteiger partial charge in [0.1, 0.15) is 5.82 Å². The first kappa shape index (κ1) is 11.9. The maximum absolute atomic E-state index is 14.0. The summed E-state index contributed by atoms with van der Waals surface area (Å²) in [6.07, 6.45) is 0. The fourth-order valence-electron chi connectivity index (χ4n) is 1.39. The molecule has 0 fully saturated rings. The summed E-state index contributed by atoms with van der Waals surface area (Å²) >= 11 is 3.48. The van der Waals surface area contributed by atoms with E-state index in [1.807, 2.05) is 19.9 Å². The average Bonchev–Trinajstić information content (AvgIpc) is 2.06. The maximum Gasteiger partial charge on any atom is 0.125 e. The molecule has 0 nitrogen and oxygen atoms in total. The smallest absolute Gasteiger partial charge is 0.125 e. The second-order valence-corrected chi connectivity index (χ2v) is 10.6. The quantitative estimate of drug-likeness (QED) is 0.685. The lowest BCUT2D eigenvalue weighted by Crippen LogP contribution is -2.40. The Balaban J connectivity index is 3.49. The molecule has 0 N–H and O–H groups in total. The first-order chi connectivity index (χ1) is 6.25. The van der Waals surface area contributed by atoms with Crippen molar-refractivity contribution in [3.63, 3.8) is 0 Å². The zero-order chi connectivity index (χ0) is 11.1. The second kappa shape index (κ2) is 3.78. The van der Waals surface area contributed by atoms with Gasteiger partial charge in [0.05, 0.1) is 8.07 Å². The molecule has 78 valence electrons. The summed E-state index contributed by atoms with van der Waals surface area (Å²) in [4.78, 5) is 0. The molecular weight excluding hydrogens is 259 g/mol. The Kier molecular flexibility index (Phi) is 3.22. The fourth-order valence-corrected chi connectivity index (χ4v) is 3.55. The molecule has 0 amide bonds. The van der Waals surface area contributed by atoms with Gasteiger partial charge in [0, 0.05) is 4.47 Å². The fraction of sp³-hybridized carbons (Fsp3) is 0.455. The number of halogens is 2. The molecule has 3 heteroatoms. The van der Waals surface area contributed by atoms with Gasteiger partial charge in [0.25, 0.3) is 0 Å². The highest BCUT2D eigenvalue weighted by Gasteiger charge is 2.23. The van der Waals surface area contributed by atoms with Gasteiger partial charge in [-0.15, -0.1) is 0 Å². The van der Waals surface area contributed by atoms with Gasteiger partial charge < -0.3 is 0 Å². The Hall–Kier alpha value is -0.153. The van der Waals surface area contributed by atoms with Crippen LogP contribution in [0.5, 0.6) is 0 Å². The van der Waals surface area contributed by atoms with Crippen LogP contribution in [0, 0.1) is 19.7 Å². The third-order valence-electron chi connectivity index (χ3n) is 2.57. The summed E-state index contributed by atoms with van der Waals surface area (Å²) in [6, 6.07) is 1.95. The van der Waals surface area contributed by atoms with Crippen LogP contribution in [-0.4, -0.2) is 8.07 Å². The monoisotopic (exact) mass is 274 g/mol. The number of rotatable bonds is 1. The average molecular weight is 275 g/mol. The molecule has 0 unspecified atom stereocenters. The molecular formula is C11H16BrFSi. The maximum atomic E-state index is 14.0. The molecule has 1 rings (SSSR count). The molecule has 0 atom stereocenters. The van der Waals surface area contributed by atoms with Gasteiger partial charge in [-0.25, -0.2) is 4.39 Å². The molecule has 14 heavy (non-hydrogen) atoms. The van der Waals surface area contributed by atoms with Crippen LogP contribution in [0.4, 0.5) is 4.39 Å². The summed E-state index contributed by atoms with van der Waals surface area (Å²) in [5.41, 5.74) is 1.78. The third-order valence-corrected chi connectivity index (χ3v) is 5.37. The predicted octanol–water partition coefficient (Wildman–Crippen LogP) is 3.75. The highest BCUT2D eigenvalue weighted by Crippen LogP contribution is 2.22. The van der Waals surface area contributed by atoms with Crippen LogP contribution >= 0.6 is 15.9 Å². The normalized spacial score (nSPS) is 11.9. The number of hydrogen-bond donors (Lipinski definition) is 0. The van der Waals surface area contributed by atoms with E-state index < -0.39 is 8.07 Å². The molecule has 0 aliphatic heterocycles. The molecule has 0 radical (unpaired) electrons. The summed E-state index contributed by atoms with van der Waals surface area (Å²) in [5, 5.41) is 0.910. The molecule has 0 aliphatic rings. The lowest BCUT2D eigenvalue weighted by atomic mass is 10.1. The minimum absolute atomic E-state index is 0.00938. The lowest BCUT2D eigenvalue weighted by molar-refractivity contribution is 0.624. The van der Waals surface area contributed by atoms with Crippen molar-refractivity contribution < 1.29 is 4.39 Å². The zero-order valence-electron chi connectivity index (χ0n) is 9.33. The molecule has 0 heterocycles. The molecule has 0 spiro atoms. The Morgan fingerprint density at radius 1 is 1.14 bits per heavy atom. The summed E-state index contributed by atoms with van der Waals surface area (Å²) in [6.45, 7) is 10.3. The SMILES string of the molecule is Cc1c(Br)cc([Si](C)(C)C)c(F)c1C. The van der Waals surface area contributed by atoms with E-state index in [1.54, 1.807) is 0 Å². The Labute approximate surface area is 94.7 Å². The van der Waals surface area contributed by atoms with Crippen molar-refractivity contribution in [3.05, 3.63) is 27.5 Å². The third kappa shape index (κ3) is 2.09. The standard InChI is InChI=1S/C11H16BrFSi/c1-7-8(2)11(13)10(6-9(7)12)14(3,4)5/h6H,1-5H3. The molecule has 1 aromatic rings. The number of benzene rings is 1. The van der Waals surface area contributed by atoms with Gasteiger partial charge in [-0.2, -0.15) is 0 Å². The first-order valence-electron chi connectivity index (χ1n) is 4.71. The van der Waals surface area contributed by atoms with E-state index in [9.17, 15) is 4.39 Å². The first-order valence-corrected chi connectivity index (χ1v) is 9.00. The molecule has 0 aromatic heterocycles. The van der Waals surface area contributed by atoms with Crippen LogP contribution in [0.3, 0.4) is 0 Å². The second-order valence-electron chi connectivity index (χ2n) is 4.72. The Bertz CT molecular complexity index is 367. The minimum Gasteiger partial charge on any atom is -0.207 e. The van der Waals surface area contributed by atoms with Crippen LogP contribution in [0.15, 0.2) is 10.5 Å². The highest BCUT2D eigenvalue weighted by atomic mass is 79.9. The van der Waals surface area contributed by atoms with Crippen molar-refractivity contribution in [2.24, 2.45) is 0 Å². The lowest BCUT2D eigenvalue weighted by Gasteiger charge is -2.20. The van der Waals surface area contributed by atoms with Crippen LogP contribution in [0.1, 0.15) is 11.1 Å². The van der Waals surface area contributed by atoms with E-state index in [0.717, 1.165) is 20.8 Å². The Morgan fingerprint density at radius 3 is 2.07 bits per heavy atom. The van der Waals surface area contributed by atoms with Crippen molar-refractivity contribution in [1.82, 2.24) is 0 Å². The molecule has 0 bridgehead atoms. The van der Waals surface area contributed by atoms with Gasteiger partial charge in [-0.3, -0.25) is 0 Å². The van der Waals surface area contributed by atoms with E-state index in [2.05, 4.69) is 35.6 Å². The van der Waals surface area contributed by atoms with E-state index >= 15 is 0 Å². The Morgan fingerprint density at radius 2 is 1.64 bits per heavy atom. The van der Waals surface area contributed by atoms with Gasteiger partial charge in [-0.1, -0.05) is 35.6 Å². The summed E-state index contributed by atoms with van der Waals surface area (Å²) < 4.78 is 15.0. The number of hydrogen-bond acceptors (Lipinski definition) is 0. The van der Waals surface area contributed by atoms with Gasteiger partial charge in [-0.05, 0) is 36.2 Å². The van der Waals surface area contributed by atoms with E-state index in [4.69, 9.17) is 0 Å². The van der Waals surface area contributed by atoms with Crippen molar-refractivity contribution >= 4 is 29.2 Å². The van der Waals surface area contributed by atoms with Gasteiger partial charge in [0.2, 0.25) is 0 Å². The molecule has 0 saturated heterocycles. The van der Waals surface area contributed by atoms with E-state index in [0.29, 0.717) is 0 Å². The van der Waals surface area contributed by atoms with Gasteiger partial charge in [0.15, 0.2) is 0 Å². The van der Waals surface area contributed by atoms with Gasteiger partial charge >= 0.3 is 0 Å². The minimum atomic E-state index is -1.57. The van der Waals surface area contributed by atoms with Crippen molar-refractivity contribution in [2.75, 3.05) is 0 Å². The summed E-state index contributed by atoms with van der Waals surface area (Å²) in [5.74, 6) is -0.00938. The van der Waals surface area contributed by atoms with E-state index in [1.165, 1.54) is 0 Å². The van der Waals surface area contributed by atoms with Crippen LogP contribution < -0.4 is 5.19 Å². The molecule has 0 aliphatic carbocycles. The summed E-state index contributed by atoms with van der Waals surface area (Å²) in [7, 11) is -1.57. The van der Waals surface area contributed by atoms with Crippen LogP contribution in [0.25, 0.3) is 0 Å². The molecule has 0 saturated carbocycles. The van der Waals surface area contributed by atoms with E-state index in [-0.39, 0.29) is 5.82 Å². The molecule has 1 aromatic carbocycles.